The van der Waals surface area contributed by atoms with Crippen LogP contribution in [0.5, 0.6) is 0 Å². The van der Waals surface area contributed by atoms with Crippen LogP contribution in [0.2, 0.25) is 0 Å². The van der Waals surface area contributed by atoms with Crippen molar-refractivity contribution >= 4 is 54.5 Å². The molecule has 0 aliphatic rings. The molecule has 0 bridgehead atoms. The highest BCUT2D eigenvalue weighted by atomic mass is 16.3. The molecule has 0 atom stereocenters. The molecule has 11 rings (SSSR count). The smallest absolute Gasteiger partial charge is 0.164 e. The third-order valence-corrected chi connectivity index (χ3v) is 10.4. The van der Waals surface area contributed by atoms with Gasteiger partial charge in [-0.15, -0.1) is 0 Å². The molecule has 0 radical (unpaired) electrons. The molecule has 0 amide bonds. The zero-order valence-corrected chi connectivity index (χ0v) is 29.0. The maximum Gasteiger partial charge on any atom is 0.164 e. The molecule has 0 unspecified atom stereocenters. The fourth-order valence-corrected chi connectivity index (χ4v) is 7.80. The summed E-state index contributed by atoms with van der Waals surface area (Å²) in [4.78, 5) is 15.2. The van der Waals surface area contributed by atoms with Gasteiger partial charge in [-0.25, -0.2) is 15.0 Å². The fourth-order valence-electron chi connectivity index (χ4n) is 7.80. The lowest BCUT2D eigenvalue weighted by molar-refractivity contribution is 0.669. The summed E-state index contributed by atoms with van der Waals surface area (Å²) in [6.45, 7) is 0. The van der Waals surface area contributed by atoms with Crippen LogP contribution in [0.15, 0.2) is 186 Å². The van der Waals surface area contributed by atoms with E-state index in [0.29, 0.717) is 17.5 Å². The zero-order valence-electron chi connectivity index (χ0n) is 29.0. The predicted octanol–water partition coefficient (Wildman–Crippen LogP) is 12.7. The first kappa shape index (κ1) is 30.3. The Morgan fingerprint density at radius 3 is 1.81 bits per heavy atom. The maximum absolute atomic E-state index is 6.14. The van der Waals surface area contributed by atoms with Crippen LogP contribution in [0.1, 0.15) is 0 Å². The number of para-hydroxylation sites is 2. The van der Waals surface area contributed by atoms with Crippen LogP contribution < -0.4 is 0 Å². The van der Waals surface area contributed by atoms with E-state index >= 15 is 0 Å². The minimum absolute atomic E-state index is 0.621. The van der Waals surface area contributed by atoms with Gasteiger partial charge in [0.05, 0.1) is 11.0 Å². The van der Waals surface area contributed by atoms with E-state index in [2.05, 4.69) is 144 Å². The van der Waals surface area contributed by atoms with Crippen LogP contribution in [-0.2, 0) is 0 Å². The van der Waals surface area contributed by atoms with Gasteiger partial charge in [0.15, 0.2) is 17.5 Å². The van der Waals surface area contributed by atoms with Crippen LogP contribution >= 0.6 is 0 Å². The van der Waals surface area contributed by atoms with E-state index in [1.165, 1.54) is 16.2 Å². The number of furan rings is 1. The first-order valence-electron chi connectivity index (χ1n) is 18.1. The molecule has 252 valence electrons. The fraction of sp³-hybridized carbons (Fsp3) is 0. The minimum atomic E-state index is 0.621. The summed E-state index contributed by atoms with van der Waals surface area (Å²) in [5, 5.41) is 6.96. The molecule has 8 aromatic carbocycles. The van der Waals surface area contributed by atoms with Gasteiger partial charge in [-0.3, -0.25) is 0 Å². The van der Waals surface area contributed by atoms with Gasteiger partial charge in [0.25, 0.3) is 0 Å². The van der Waals surface area contributed by atoms with E-state index in [4.69, 9.17) is 19.4 Å². The van der Waals surface area contributed by atoms with Gasteiger partial charge in [0.1, 0.15) is 11.2 Å². The molecule has 0 aliphatic heterocycles. The second-order valence-electron chi connectivity index (χ2n) is 13.7. The summed E-state index contributed by atoms with van der Waals surface area (Å²) in [6, 6.07) is 63.5. The van der Waals surface area contributed by atoms with E-state index < -0.39 is 0 Å². The lowest BCUT2D eigenvalue weighted by Crippen LogP contribution is -2.01. The average molecular weight is 691 g/mol. The van der Waals surface area contributed by atoms with Gasteiger partial charge in [-0.05, 0) is 70.4 Å². The van der Waals surface area contributed by atoms with Gasteiger partial charge in [-0.2, -0.15) is 0 Å². The molecule has 3 heterocycles. The highest BCUT2D eigenvalue weighted by Crippen LogP contribution is 2.38. The van der Waals surface area contributed by atoms with Crippen molar-refractivity contribution in [1.82, 2.24) is 19.5 Å². The largest absolute Gasteiger partial charge is 0.456 e. The average Bonchev–Trinajstić information content (AvgIpc) is 3.79. The third-order valence-electron chi connectivity index (χ3n) is 10.4. The molecule has 3 aromatic heterocycles. The van der Waals surface area contributed by atoms with Crippen LogP contribution in [0.4, 0.5) is 0 Å². The highest BCUT2D eigenvalue weighted by molar-refractivity contribution is 6.11. The Bertz CT molecular complexity index is 3230. The van der Waals surface area contributed by atoms with Crippen molar-refractivity contribution in [1.29, 1.82) is 0 Å². The first-order valence-corrected chi connectivity index (χ1v) is 18.1. The van der Waals surface area contributed by atoms with Crippen molar-refractivity contribution in [2.75, 3.05) is 0 Å². The number of rotatable bonds is 5. The number of hydrogen-bond donors (Lipinski definition) is 0. The van der Waals surface area contributed by atoms with Gasteiger partial charge < -0.3 is 8.98 Å². The number of aromatic nitrogens is 4. The molecule has 0 fully saturated rings. The van der Waals surface area contributed by atoms with E-state index in [1.54, 1.807) is 0 Å². The Morgan fingerprint density at radius 2 is 0.944 bits per heavy atom. The molecule has 11 aromatic rings. The lowest BCUT2D eigenvalue weighted by Gasteiger charge is -2.12. The minimum Gasteiger partial charge on any atom is -0.456 e. The molecule has 54 heavy (non-hydrogen) atoms. The molecule has 0 saturated carbocycles. The Kier molecular flexibility index (Phi) is 6.79. The number of hydrogen-bond acceptors (Lipinski definition) is 4. The van der Waals surface area contributed by atoms with E-state index in [0.717, 1.165) is 71.9 Å². The van der Waals surface area contributed by atoms with Crippen LogP contribution in [0, 0.1) is 0 Å². The van der Waals surface area contributed by atoms with Gasteiger partial charge in [0, 0.05) is 43.9 Å². The van der Waals surface area contributed by atoms with E-state index in [1.807, 2.05) is 42.5 Å². The van der Waals surface area contributed by atoms with Crippen LogP contribution in [0.3, 0.4) is 0 Å². The van der Waals surface area contributed by atoms with E-state index in [-0.39, 0.29) is 0 Å². The van der Waals surface area contributed by atoms with Gasteiger partial charge in [-0.1, -0.05) is 133 Å². The van der Waals surface area contributed by atoms with Crippen molar-refractivity contribution in [3.63, 3.8) is 0 Å². The molecule has 0 aliphatic carbocycles. The number of fused-ring (bicyclic) bond motifs is 7. The third kappa shape index (κ3) is 4.98. The lowest BCUT2D eigenvalue weighted by atomic mass is 10.0. The van der Waals surface area contributed by atoms with Crippen molar-refractivity contribution in [3.8, 4) is 51.0 Å². The van der Waals surface area contributed by atoms with Crippen molar-refractivity contribution in [2.45, 2.75) is 0 Å². The summed E-state index contributed by atoms with van der Waals surface area (Å²) >= 11 is 0. The quantitative estimate of drug-likeness (QED) is 0.180. The summed E-state index contributed by atoms with van der Waals surface area (Å²) in [6.07, 6.45) is 0. The zero-order chi connectivity index (χ0) is 35.6. The Balaban J connectivity index is 1.08. The summed E-state index contributed by atoms with van der Waals surface area (Å²) < 4.78 is 8.50. The van der Waals surface area contributed by atoms with Crippen molar-refractivity contribution < 1.29 is 4.42 Å². The summed E-state index contributed by atoms with van der Waals surface area (Å²) in [5.74, 6) is 1.90. The molecule has 0 spiro atoms. The number of benzene rings is 8. The maximum atomic E-state index is 6.14. The van der Waals surface area contributed by atoms with E-state index in [9.17, 15) is 0 Å². The highest BCUT2D eigenvalue weighted by Gasteiger charge is 2.17. The predicted molar refractivity (Wildman–Crippen MR) is 221 cm³/mol. The first-order chi connectivity index (χ1) is 26.7. The topological polar surface area (TPSA) is 56.7 Å². The second kappa shape index (κ2) is 12.1. The van der Waals surface area contributed by atoms with Crippen LogP contribution in [-0.4, -0.2) is 19.5 Å². The van der Waals surface area contributed by atoms with Gasteiger partial charge >= 0.3 is 0 Å². The molecule has 5 heteroatoms. The summed E-state index contributed by atoms with van der Waals surface area (Å²) in [5.41, 5.74) is 10.2. The Morgan fingerprint density at radius 1 is 0.333 bits per heavy atom. The Hall–Kier alpha value is -7.37. The molecular weight excluding hydrogens is 661 g/mol. The SMILES string of the molecule is c1ccc(-c2nc(-c3cccc(-n4c5ccccc5c5ccc(-c6ccc7oc8ccccc8c7c6)cc54)c3)nc(-c3ccc4ccccc4c3)n2)cc1. The summed E-state index contributed by atoms with van der Waals surface area (Å²) in [7, 11) is 0. The molecule has 0 N–H and O–H groups in total. The molecule has 0 saturated heterocycles. The van der Waals surface area contributed by atoms with Crippen LogP contribution in [0.25, 0.3) is 105 Å². The molecule has 5 nitrogen and oxygen atoms in total. The molecular formula is C49H30N4O. The second-order valence-corrected chi connectivity index (χ2v) is 13.7. The normalized spacial score (nSPS) is 11.7. The van der Waals surface area contributed by atoms with Gasteiger partial charge in [0.2, 0.25) is 0 Å². The monoisotopic (exact) mass is 690 g/mol. The standard InChI is InChI=1S/C49H30N4O/c1-2-12-32(13-3-1)47-50-48(52-49(51-47)37-22-21-31-11-4-5-14-33(31)27-37)36-15-10-16-38(28-36)53-43-19-8-6-17-39(43)40-25-23-35(30-44(40)53)34-24-26-46-42(29-34)41-18-7-9-20-45(41)54-46/h1-30H. The van der Waals surface area contributed by atoms with Crippen molar-refractivity contribution in [2.24, 2.45) is 0 Å². The number of nitrogens with zero attached hydrogens (tertiary/aromatic N) is 4. The Labute approximate surface area is 310 Å². The van der Waals surface area contributed by atoms with Crippen molar-refractivity contribution in [3.05, 3.63) is 182 Å².